The molecule has 0 bridgehead atoms. The zero-order valence-corrected chi connectivity index (χ0v) is 19.3. The van der Waals surface area contributed by atoms with Crippen molar-refractivity contribution in [2.75, 3.05) is 24.2 Å². The number of carbonyl (C=O) groups is 1. The van der Waals surface area contributed by atoms with Crippen LogP contribution in [0, 0.1) is 0 Å². The maximum Gasteiger partial charge on any atom is 0.256 e. The Morgan fingerprint density at radius 1 is 1.18 bits per heavy atom. The topological polar surface area (TPSA) is 100 Å². The summed E-state index contributed by atoms with van der Waals surface area (Å²) >= 11 is 0. The Morgan fingerprint density at radius 3 is 2.82 bits per heavy atom. The van der Waals surface area contributed by atoms with Crippen LogP contribution < -0.4 is 16.0 Å². The molecule has 0 radical (unpaired) electrons. The monoisotopic (exact) mass is 448 g/mol. The Bertz CT molecular complexity index is 1170. The molecule has 0 unspecified atom stereocenters. The molecule has 1 aliphatic heterocycles. The summed E-state index contributed by atoms with van der Waals surface area (Å²) in [6.45, 7) is 5.86. The van der Waals surface area contributed by atoms with Crippen LogP contribution in [-0.4, -0.2) is 50.2 Å². The summed E-state index contributed by atoms with van der Waals surface area (Å²) in [5.74, 6) is 1.28. The third-order valence-electron chi connectivity index (χ3n) is 5.89. The summed E-state index contributed by atoms with van der Waals surface area (Å²) in [6.07, 6.45) is 6.84. The fourth-order valence-corrected chi connectivity index (χ4v) is 4.01. The van der Waals surface area contributed by atoms with E-state index in [2.05, 4.69) is 55.1 Å². The zero-order valence-electron chi connectivity index (χ0n) is 19.3. The summed E-state index contributed by atoms with van der Waals surface area (Å²) in [5, 5.41) is 14.0. The Balaban J connectivity index is 0.00000274. The number of carbonyl (C=O) groups excluding carboxylic acids is 1. The molecule has 3 aromatic rings. The molecule has 3 N–H and O–H groups in total. The molecule has 0 atom stereocenters. The van der Waals surface area contributed by atoms with Gasteiger partial charge in [0.05, 0.1) is 6.04 Å². The second-order valence-corrected chi connectivity index (χ2v) is 9.22. The highest BCUT2D eigenvalue weighted by molar-refractivity contribution is 5.99. The van der Waals surface area contributed by atoms with E-state index in [1.165, 1.54) is 11.1 Å². The van der Waals surface area contributed by atoms with E-state index >= 15 is 0 Å². The second kappa shape index (κ2) is 8.82. The van der Waals surface area contributed by atoms with Crippen molar-refractivity contribution >= 4 is 29.2 Å². The zero-order chi connectivity index (χ0) is 22.9. The lowest BCUT2D eigenvalue weighted by Crippen LogP contribution is -2.31. The molecule has 1 saturated carbocycles. The molecule has 1 fully saturated rings. The van der Waals surface area contributed by atoms with Crippen molar-refractivity contribution < 1.29 is 6.22 Å². The number of aromatic nitrogens is 4. The molecule has 1 aromatic carbocycles. The third-order valence-corrected chi connectivity index (χ3v) is 5.89. The predicted octanol–water partition coefficient (Wildman–Crippen LogP) is 3.87. The van der Waals surface area contributed by atoms with Gasteiger partial charge in [0, 0.05) is 44.7 Å². The van der Waals surface area contributed by atoms with Gasteiger partial charge in [0.1, 0.15) is 11.4 Å². The van der Waals surface area contributed by atoms with Crippen molar-refractivity contribution in [2.45, 2.75) is 51.7 Å². The molecule has 1 aliphatic carbocycles. The van der Waals surface area contributed by atoms with Crippen LogP contribution in [0.5, 0.6) is 0 Å². The van der Waals surface area contributed by atoms with Gasteiger partial charge in [0.15, 0.2) is 5.82 Å². The van der Waals surface area contributed by atoms with Crippen LogP contribution in [0.4, 0.5) is 23.3 Å². The number of benzene rings is 1. The van der Waals surface area contributed by atoms with Gasteiger partial charge in [0.25, 0.3) is 5.91 Å². The first-order chi connectivity index (χ1) is 15.9. The highest BCUT2D eigenvalue weighted by Crippen LogP contribution is 2.34. The number of hydrogen-bond acceptors (Lipinski definition) is 7. The van der Waals surface area contributed by atoms with Crippen molar-refractivity contribution in [2.24, 2.45) is 0 Å². The van der Waals surface area contributed by atoms with Crippen LogP contribution >= 0.6 is 0 Å². The Labute approximate surface area is 195 Å². The van der Waals surface area contributed by atoms with E-state index in [9.17, 15) is 4.79 Å². The van der Waals surface area contributed by atoms with Gasteiger partial charge in [0.2, 0.25) is 5.95 Å². The minimum Gasteiger partial charge on any atom is -0.350 e. The first-order valence-electron chi connectivity index (χ1n) is 11.5. The van der Waals surface area contributed by atoms with E-state index in [1.807, 2.05) is 36.9 Å². The van der Waals surface area contributed by atoms with Gasteiger partial charge >= 0.3 is 0 Å². The lowest BCUT2D eigenvalue weighted by atomic mass is 9.99. The lowest BCUT2D eigenvalue weighted by Gasteiger charge is -2.25. The van der Waals surface area contributed by atoms with Crippen LogP contribution in [0.1, 0.15) is 55.6 Å². The smallest absolute Gasteiger partial charge is 0.256 e. The minimum absolute atomic E-state index is 0. The quantitative estimate of drug-likeness (QED) is 0.504. The van der Waals surface area contributed by atoms with Gasteiger partial charge in [-0.3, -0.25) is 9.48 Å². The summed E-state index contributed by atoms with van der Waals surface area (Å²) in [6, 6.07) is 8.75. The molecular weight excluding hydrogens is 416 g/mol. The summed E-state index contributed by atoms with van der Waals surface area (Å²) in [4.78, 5) is 24.1. The van der Waals surface area contributed by atoms with E-state index in [-0.39, 0.29) is 13.4 Å². The number of nitrogens with zero attached hydrogens (tertiary/aromatic N) is 5. The van der Waals surface area contributed by atoms with Crippen molar-refractivity contribution in [1.82, 2.24) is 30.0 Å². The van der Waals surface area contributed by atoms with E-state index in [4.69, 9.17) is 0 Å². The molecule has 174 valence electrons. The van der Waals surface area contributed by atoms with Crippen molar-refractivity contribution in [1.29, 1.82) is 0 Å². The van der Waals surface area contributed by atoms with Crippen molar-refractivity contribution in [3.63, 3.8) is 0 Å². The number of amides is 1. The fourth-order valence-electron chi connectivity index (χ4n) is 4.01. The molecule has 9 nitrogen and oxygen atoms in total. The molecule has 2 aliphatic rings. The number of anilines is 4. The molecule has 0 saturated heterocycles. The highest BCUT2D eigenvalue weighted by atomic mass is 16.1. The van der Waals surface area contributed by atoms with Gasteiger partial charge in [-0.25, -0.2) is 4.98 Å². The van der Waals surface area contributed by atoms with Crippen LogP contribution in [0.2, 0.25) is 0 Å². The van der Waals surface area contributed by atoms with Crippen LogP contribution in [0.15, 0.2) is 36.7 Å². The average Bonchev–Trinajstić information content (AvgIpc) is 3.52. The SMILES string of the molecule is CC(C)NC(=O)c1cnc(Nc2ccc3c(c2)CCN(C)C3)nc1Nc1ccn(C2CC2)n1.[HH]. The molecule has 3 heterocycles. The maximum absolute atomic E-state index is 12.8. The van der Waals surface area contributed by atoms with Gasteiger partial charge in [-0.05, 0) is 63.4 Å². The van der Waals surface area contributed by atoms with E-state index < -0.39 is 0 Å². The predicted molar refractivity (Wildman–Crippen MR) is 130 cm³/mol. The number of rotatable bonds is 7. The summed E-state index contributed by atoms with van der Waals surface area (Å²) < 4.78 is 1.96. The first kappa shape index (κ1) is 21.4. The van der Waals surface area contributed by atoms with Crippen molar-refractivity contribution in [3.05, 3.63) is 53.3 Å². The normalized spacial score (nSPS) is 15.9. The minimum atomic E-state index is -0.224. The van der Waals surface area contributed by atoms with Crippen molar-refractivity contribution in [3.8, 4) is 0 Å². The lowest BCUT2D eigenvalue weighted by molar-refractivity contribution is 0.0943. The van der Waals surface area contributed by atoms with E-state index in [0.717, 1.165) is 38.0 Å². The van der Waals surface area contributed by atoms with Crippen LogP contribution in [0.25, 0.3) is 0 Å². The second-order valence-electron chi connectivity index (χ2n) is 9.22. The largest absolute Gasteiger partial charge is 0.350 e. The number of fused-ring (bicyclic) bond motifs is 1. The Kier molecular flexibility index (Phi) is 5.72. The maximum atomic E-state index is 12.8. The molecule has 9 heteroatoms. The molecule has 2 aromatic heterocycles. The highest BCUT2D eigenvalue weighted by Gasteiger charge is 2.24. The van der Waals surface area contributed by atoms with Crippen LogP contribution in [0.3, 0.4) is 0 Å². The summed E-state index contributed by atoms with van der Waals surface area (Å²) in [5.41, 5.74) is 4.00. The third kappa shape index (κ3) is 4.98. The number of hydrogen-bond donors (Lipinski definition) is 3. The molecule has 0 spiro atoms. The Morgan fingerprint density at radius 2 is 2.03 bits per heavy atom. The van der Waals surface area contributed by atoms with Gasteiger partial charge in [-0.15, -0.1) is 0 Å². The van der Waals surface area contributed by atoms with Crippen LogP contribution in [-0.2, 0) is 13.0 Å². The van der Waals surface area contributed by atoms with Gasteiger partial charge in [-0.2, -0.15) is 10.1 Å². The molecule has 5 rings (SSSR count). The van der Waals surface area contributed by atoms with Gasteiger partial charge < -0.3 is 20.9 Å². The summed E-state index contributed by atoms with van der Waals surface area (Å²) in [7, 11) is 2.14. The number of likely N-dealkylation sites (N-methyl/N-ethyl adjacent to an activating group) is 1. The molecular formula is C24H32N8O. The molecule has 1 amide bonds. The fraction of sp³-hybridized carbons (Fsp3) is 0.417. The van der Waals surface area contributed by atoms with E-state index in [0.29, 0.717) is 29.2 Å². The Hall–Kier alpha value is -3.46. The standard InChI is InChI=1S/C24H30N8O.H2/c1-15(2)26-23(33)20-13-25-24(27-18-5-4-17-14-31(3)10-8-16(17)12-18)29-22(20)28-21-9-11-32(30-21)19-6-7-19;/h4-5,9,11-13,15,19H,6-8,10,14H2,1-3H3,(H,26,33)(H2,25,27,28,29,30);1H. The van der Waals surface area contributed by atoms with Gasteiger partial charge in [-0.1, -0.05) is 6.07 Å². The average molecular weight is 449 g/mol. The molecule has 33 heavy (non-hydrogen) atoms. The van der Waals surface area contributed by atoms with E-state index in [1.54, 1.807) is 6.20 Å². The number of nitrogens with one attached hydrogen (secondary N) is 3. The first-order valence-corrected chi connectivity index (χ1v) is 11.5.